The van der Waals surface area contributed by atoms with Crippen LogP contribution >= 0.6 is 22.9 Å². The molecule has 122 valence electrons. The molecule has 0 bridgehead atoms. The molecule has 1 fully saturated rings. The normalized spacial score (nSPS) is 14.8. The molecule has 0 aliphatic carbocycles. The third-order valence-corrected chi connectivity index (χ3v) is 5.72. The monoisotopic (exact) mass is 356 g/mol. The van der Waals surface area contributed by atoms with Crippen molar-refractivity contribution in [2.75, 3.05) is 31.1 Å². The van der Waals surface area contributed by atoms with E-state index in [0.717, 1.165) is 31.1 Å². The highest BCUT2D eigenvalue weighted by Gasteiger charge is 2.26. The van der Waals surface area contributed by atoms with Gasteiger partial charge in [0.1, 0.15) is 10.6 Å². The van der Waals surface area contributed by atoms with Crippen LogP contribution in [0.4, 0.5) is 5.69 Å². The Kier molecular flexibility index (Phi) is 4.27. The molecule has 3 aromatic rings. The zero-order valence-corrected chi connectivity index (χ0v) is 14.6. The van der Waals surface area contributed by atoms with Crippen molar-refractivity contribution in [3.8, 4) is 10.6 Å². The lowest BCUT2D eigenvalue weighted by Gasteiger charge is -2.35. The average molecular weight is 356 g/mol. The van der Waals surface area contributed by atoms with Crippen molar-refractivity contribution in [2.24, 2.45) is 0 Å². The third-order valence-electron chi connectivity index (χ3n) is 4.13. The lowest BCUT2D eigenvalue weighted by molar-refractivity contribution is 0.0752. The minimum absolute atomic E-state index is 0.0427. The Morgan fingerprint density at radius 2 is 1.79 bits per heavy atom. The largest absolute Gasteiger partial charge is 0.368 e. The summed E-state index contributed by atoms with van der Waals surface area (Å²) in [7, 11) is 0. The van der Waals surface area contributed by atoms with E-state index in [2.05, 4.69) is 26.6 Å². The lowest BCUT2D eigenvalue weighted by Crippen LogP contribution is -2.48. The average Bonchev–Trinajstić information content (AvgIpc) is 3.33. The summed E-state index contributed by atoms with van der Waals surface area (Å²) in [6.07, 6.45) is 0. The molecule has 0 atom stereocenters. The second kappa shape index (κ2) is 6.70. The van der Waals surface area contributed by atoms with Gasteiger partial charge >= 0.3 is 0 Å². The molecule has 0 saturated carbocycles. The zero-order chi connectivity index (χ0) is 16.4. The topological polar surface area (TPSA) is 49.3 Å². The minimum atomic E-state index is 0.0427. The maximum Gasteiger partial charge on any atom is 0.268 e. The molecule has 0 radical (unpaired) electrons. The summed E-state index contributed by atoms with van der Waals surface area (Å²) < 4.78 is 4.00. The number of nitrogens with zero attached hydrogens (tertiary/aromatic N) is 4. The third kappa shape index (κ3) is 2.92. The van der Waals surface area contributed by atoms with Crippen LogP contribution < -0.4 is 4.90 Å². The van der Waals surface area contributed by atoms with Gasteiger partial charge in [0.15, 0.2) is 0 Å². The number of carbonyl (C=O) groups excluding carboxylic acids is 1. The van der Waals surface area contributed by atoms with E-state index in [0.29, 0.717) is 10.6 Å². The van der Waals surface area contributed by atoms with Gasteiger partial charge in [-0.05, 0) is 35.1 Å². The Morgan fingerprint density at radius 1 is 1.00 bits per heavy atom. The van der Waals surface area contributed by atoms with Crippen molar-refractivity contribution in [2.45, 2.75) is 0 Å². The van der Waals surface area contributed by atoms with Crippen LogP contribution in [0.2, 0.25) is 0 Å². The molecular formula is C17H16N4OS2. The predicted octanol–water partition coefficient (Wildman–Crippen LogP) is 3.23. The lowest BCUT2D eigenvalue weighted by atomic mass is 10.2. The minimum Gasteiger partial charge on any atom is -0.368 e. The zero-order valence-electron chi connectivity index (χ0n) is 13.0. The van der Waals surface area contributed by atoms with Crippen molar-refractivity contribution >= 4 is 34.5 Å². The van der Waals surface area contributed by atoms with Crippen LogP contribution in [0.5, 0.6) is 0 Å². The second-order valence-corrected chi connectivity index (χ2v) is 7.24. The molecule has 1 saturated heterocycles. The molecule has 2 aromatic heterocycles. The van der Waals surface area contributed by atoms with Gasteiger partial charge in [-0.15, -0.1) is 16.4 Å². The van der Waals surface area contributed by atoms with Crippen LogP contribution in [0.3, 0.4) is 0 Å². The van der Waals surface area contributed by atoms with Crippen molar-refractivity contribution < 1.29 is 4.79 Å². The number of carbonyl (C=O) groups is 1. The van der Waals surface area contributed by atoms with Gasteiger partial charge in [0.25, 0.3) is 5.91 Å². The summed E-state index contributed by atoms with van der Waals surface area (Å²) in [6, 6.07) is 14.3. The Labute approximate surface area is 148 Å². The van der Waals surface area contributed by atoms with E-state index in [4.69, 9.17) is 0 Å². The van der Waals surface area contributed by atoms with Gasteiger partial charge < -0.3 is 9.80 Å². The summed E-state index contributed by atoms with van der Waals surface area (Å²) in [5.74, 6) is 0.0427. The molecule has 1 aliphatic rings. The van der Waals surface area contributed by atoms with Crippen LogP contribution in [0.15, 0.2) is 47.8 Å². The summed E-state index contributed by atoms with van der Waals surface area (Å²) in [5.41, 5.74) is 1.92. The highest BCUT2D eigenvalue weighted by Crippen LogP contribution is 2.29. The molecule has 0 spiro atoms. The number of amides is 1. The van der Waals surface area contributed by atoms with Crippen molar-refractivity contribution in [1.29, 1.82) is 0 Å². The van der Waals surface area contributed by atoms with Gasteiger partial charge in [-0.1, -0.05) is 28.8 Å². The van der Waals surface area contributed by atoms with E-state index in [9.17, 15) is 4.79 Å². The Balaban J connectivity index is 1.47. The fourth-order valence-electron chi connectivity index (χ4n) is 2.86. The first-order valence-corrected chi connectivity index (χ1v) is 9.44. The number of aromatic nitrogens is 2. The van der Waals surface area contributed by atoms with Crippen LogP contribution in [0.25, 0.3) is 10.6 Å². The molecule has 5 nitrogen and oxygen atoms in total. The van der Waals surface area contributed by atoms with Crippen molar-refractivity contribution in [1.82, 2.24) is 14.5 Å². The summed E-state index contributed by atoms with van der Waals surface area (Å²) in [5, 5.41) is 6.15. The molecule has 0 unspecified atom stereocenters. The van der Waals surface area contributed by atoms with Crippen molar-refractivity contribution in [3.05, 3.63) is 52.7 Å². The number of hydrogen-bond acceptors (Lipinski definition) is 6. The molecule has 1 amide bonds. The highest BCUT2D eigenvalue weighted by atomic mass is 32.1. The van der Waals surface area contributed by atoms with E-state index in [1.54, 1.807) is 11.3 Å². The van der Waals surface area contributed by atoms with Gasteiger partial charge in [0.2, 0.25) is 0 Å². The molecule has 3 heterocycles. The number of hydrogen-bond donors (Lipinski definition) is 0. The first-order valence-electron chi connectivity index (χ1n) is 7.78. The first-order chi connectivity index (χ1) is 11.8. The molecule has 1 aromatic carbocycles. The van der Waals surface area contributed by atoms with E-state index < -0.39 is 0 Å². The summed E-state index contributed by atoms with van der Waals surface area (Å²) in [6.45, 7) is 3.12. The summed E-state index contributed by atoms with van der Waals surface area (Å²) >= 11 is 2.77. The van der Waals surface area contributed by atoms with Crippen LogP contribution in [-0.4, -0.2) is 46.6 Å². The Hall–Kier alpha value is -2.25. The predicted molar refractivity (Wildman–Crippen MR) is 97.8 cm³/mol. The fraction of sp³-hybridized carbons (Fsp3) is 0.235. The Morgan fingerprint density at radius 3 is 2.50 bits per heavy atom. The number of benzene rings is 1. The van der Waals surface area contributed by atoms with Gasteiger partial charge in [-0.25, -0.2) is 0 Å². The highest BCUT2D eigenvalue weighted by molar-refractivity contribution is 7.14. The number of piperazine rings is 1. The van der Waals surface area contributed by atoms with Gasteiger partial charge in [-0.2, -0.15) is 0 Å². The van der Waals surface area contributed by atoms with Gasteiger partial charge in [0, 0.05) is 31.9 Å². The Bertz CT molecular complexity index is 808. The van der Waals surface area contributed by atoms with Crippen molar-refractivity contribution in [3.63, 3.8) is 0 Å². The fourth-order valence-corrected chi connectivity index (χ4v) is 4.28. The second-order valence-electron chi connectivity index (χ2n) is 5.54. The molecule has 7 heteroatoms. The van der Waals surface area contributed by atoms with E-state index in [-0.39, 0.29) is 5.91 Å². The van der Waals surface area contributed by atoms with Gasteiger partial charge in [-0.3, -0.25) is 4.79 Å². The number of thiophene rings is 1. The van der Waals surface area contributed by atoms with E-state index >= 15 is 0 Å². The quantitative estimate of drug-likeness (QED) is 0.723. The smallest absolute Gasteiger partial charge is 0.268 e. The van der Waals surface area contributed by atoms with Gasteiger partial charge in [0.05, 0.1) is 4.88 Å². The summed E-state index contributed by atoms with van der Waals surface area (Å²) in [4.78, 5) is 18.7. The standard InChI is InChI=1S/C17H16N4OS2/c22-17(16-15(18-19-24-16)14-7-4-12-23-14)21-10-8-20(9-11-21)13-5-2-1-3-6-13/h1-7,12H,8-11H2. The van der Waals surface area contributed by atoms with Crippen LogP contribution in [0, 0.1) is 0 Å². The number of para-hydroxylation sites is 1. The van der Waals surface area contributed by atoms with Crippen LogP contribution in [-0.2, 0) is 0 Å². The van der Waals surface area contributed by atoms with Crippen LogP contribution in [0.1, 0.15) is 9.67 Å². The number of anilines is 1. The maximum absolute atomic E-state index is 12.9. The molecule has 0 N–H and O–H groups in total. The molecule has 24 heavy (non-hydrogen) atoms. The van der Waals surface area contributed by atoms with E-state index in [1.165, 1.54) is 17.2 Å². The number of rotatable bonds is 3. The van der Waals surface area contributed by atoms with E-state index in [1.807, 2.05) is 40.6 Å². The molecular weight excluding hydrogens is 340 g/mol. The SMILES string of the molecule is O=C(c1snnc1-c1cccs1)N1CCN(c2ccccc2)CC1. The molecule has 4 rings (SSSR count). The molecule has 1 aliphatic heterocycles. The first kappa shape index (κ1) is 15.3. The maximum atomic E-state index is 12.9.